The molecular formula is C10H15NO. The van der Waals surface area contributed by atoms with Gasteiger partial charge < -0.3 is 4.90 Å². The van der Waals surface area contributed by atoms with Gasteiger partial charge in [0.05, 0.1) is 5.54 Å². The number of nitrogens with zero attached hydrogens (tertiary/aromatic N) is 1. The van der Waals surface area contributed by atoms with Gasteiger partial charge in [0.15, 0.2) is 0 Å². The predicted molar refractivity (Wildman–Crippen MR) is 47.7 cm³/mol. The second-order valence-corrected chi connectivity index (χ2v) is 4.14. The molecule has 0 radical (unpaired) electrons. The predicted octanol–water partition coefficient (Wildman–Crippen LogP) is 1.72. The molecular weight excluding hydrogens is 150 g/mol. The fourth-order valence-electron chi connectivity index (χ4n) is 2.47. The molecule has 2 nitrogen and oxygen atoms in total. The lowest BCUT2D eigenvalue weighted by Gasteiger charge is -2.43. The maximum atomic E-state index is 11.5. The second kappa shape index (κ2) is 2.35. The summed E-state index contributed by atoms with van der Waals surface area (Å²) in [4.78, 5) is 13.5. The molecule has 0 aromatic heterocycles. The van der Waals surface area contributed by atoms with E-state index < -0.39 is 0 Å². The van der Waals surface area contributed by atoms with Gasteiger partial charge in [0.2, 0.25) is 5.91 Å². The summed E-state index contributed by atoms with van der Waals surface area (Å²) < 4.78 is 0. The molecule has 12 heavy (non-hydrogen) atoms. The number of amides is 1. The van der Waals surface area contributed by atoms with Gasteiger partial charge in [-0.1, -0.05) is 6.08 Å². The van der Waals surface area contributed by atoms with Crippen molar-refractivity contribution in [1.29, 1.82) is 0 Å². The lowest BCUT2D eigenvalue weighted by molar-refractivity contribution is -0.132. The average Bonchev–Trinajstić information content (AvgIpc) is 2.29. The van der Waals surface area contributed by atoms with Gasteiger partial charge in [0.1, 0.15) is 0 Å². The van der Waals surface area contributed by atoms with Crippen molar-refractivity contribution in [2.24, 2.45) is 0 Å². The Hall–Kier alpha value is -0.790. The van der Waals surface area contributed by atoms with Crippen molar-refractivity contribution >= 4 is 5.91 Å². The zero-order chi connectivity index (χ0) is 8.77. The summed E-state index contributed by atoms with van der Waals surface area (Å²) in [7, 11) is 0. The molecule has 2 heterocycles. The summed E-state index contributed by atoms with van der Waals surface area (Å²) in [5, 5.41) is 0. The molecule has 0 bridgehead atoms. The minimum Gasteiger partial charge on any atom is -0.328 e. The number of hydrogen-bond acceptors (Lipinski definition) is 1. The molecule has 1 amide bonds. The first-order valence-electron chi connectivity index (χ1n) is 4.66. The standard InChI is InChI=1S/C10H15NO/c1-8-4-3-6-10(2)7-5-9(12)11(8)10/h5,7-8H,3-4,6H2,1-2H3. The third kappa shape index (κ3) is 0.904. The van der Waals surface area contributed by atoms with Gasteiger partial charge in [0.25, 0.3) is 0 Å². The molecule has 2 rings (SSSR count). The van der Waals surface area contributed by atoms with Crippen LogP contribution in [0.5, 0.6) is 0 Å². The highest BCUT2D eigenvalue weighted by Gasteiger charge is 2.41. The summed E-state index contributed by atoms with van der Waals surface area (Å²) in [6.07, 6.45) is 7.31. The van der Waals surface area contributed by atoms with Crippen LogP contribution in [0.25, 0.3) is 0 Å². The molecule has 1 saturated heterocycles. The van der Waals surface area contributed by atoms with Crippen molar-refractivity contribution in [2.45, 2.75) is 44.7 Å². The maximum Gasteiger partial charge on any atom is 0.247 e. The van der Waals surface area contributed by atoms with E-state index in [1.54, 1.807) is 6.08 Å². The summed E-state index contributed by atoms with van der Waals surface area (Å²) >= 11 is 0. The van der Waals surface area contributed by atoms with Gasteiger partial charge in [-0.25, -0.2) is 0 Å². The van der Waals surface area contributed by atoms with Gasteiger partial charge in [-0.15, -0.1) is 0 Å². The first-order chi connectivity index (χ1) is 5.63. The van der Waals surface area contributed by atoms with Crippen LogP contribution in [-0.2, 0) is 4.79 Å². The summed E-state index contributed by atoms with van der Waals surface area (Å²) in [5.41, 5.74) is 0.0365. The van der Waals surface area contributed by atoms with E-state index in [0.29, 0.717) is 6.04 Å². The van der Waals surface area contributed by atoms with Crippen molar-refractivity contribution in [3.05, 3.63) is 12.2 Å². The van der Waals surface area contributed by atoms with Gasteiger partial charge in [-0.3, -0.25) is 4.79 Å². The van der Waals surface area contributed by atoms with E-state index in [1.807, 2.05) is 4.90 Å². The summed E-state index contributed by atoms with van der Waals surface area (Å²) in [6, 6.07) is 0.422. The van der Waals surface area contributed by atoms with E-state index >= 15 is 0 Å². The van der Waals surface area contributed by atoms with Crippen LogP contribution in [0.15, 0.2) is 12.2 Å². The Morgan fingerprint density at radius 2 is 2.42 bits per heavy atom. The molecule has 0 aromatic carbocycles. The molecule has 0 spiro atoms. The van der Waals surface area contributed by atoms with Crippen molar-refractivity contribution in [3.63, 3.8) is 0 Å². The molecule has 2 atom stereocenters. The van der Waals surface area contributed by atoms with E-state index in [9.17, 15) is 4.79 Å². The second-order valence-electron chi connectivity index (χ2n) is 4.14. The third-order valence-electron chi connectivity index (χ3n) is 3.12. The number of fused-ring (bicyclic) bond motifs is 1. The van der Waals surface area contributed by atoms with Crippen LogP contribution in [0.1, 0.15) is 33.1 Å². The number of piperidine rings is 1. The molecule has 0 aromatic rings. The van der Waals surface area contributed by atoms with Crippen LogP contribution in [0.2, 0.25) is 0 Å². The molecule has 0 saturated carbocycles. The fourth-order valence-corrected chi connectivity index (χ4v) is 2.47. The Labute approximate surface area is 73.2 Å². The monoisotopic (exact) mass is 165 g/mol. The first-order valence-corrected chi connectivity index (χ1v) is 4.66. The third-order valence-corrected chi connectivity index (χ3v) is 3.12. The first kappa shape index (κ1) is 7.84. The Morgan fingerprint density at radius 3 is 3.08 bits per heavy atom. The zero-order valence-corrected chi connectivity index (χ0v) is 7.71. The topological polar surface area (TPSA) is 20.3 Å². The van der Waals surface area contributed by atoms with Crippen molar-refractivity contribution in [3.8, 4) is 0 Å². The molecule has 66 valence electrons. The fraction of sp³-hybridized carbons (Fsp3) is 0.700. The summed E-state index contributed by atoms with van der Waals surface area (Å²) in [5.74, 6) is 0.199. The summed E-state index contributed by atoms with van der Waals surface area (Å²) in [6.45, 7) is 4.30. The van der Waals surface area contributed by atoms with E-state index in [-0.39, 0.29) is 11.4 Å². The Bertz CT molecular complexity index is 246. The van der Waals surface area contributed by atoms with E-state index in [1.165, 1.54) is 6.42 Å². The van der Waals surface area contributed by atoms with Crippen LogP contribution < -0.4 is 0 Å². The molecule has 0 aliphatic carbocycles. The SMILES string of the molecule is CC1CCCC2(C)C=CC(=O)N12. The van der Waals surface area contributed by atoms with Crippen molar-refractivity contribution in [1.82, 2.24) is 4.90 Å². The van der Waals surface area contributed by atoms with Crippen molar-refractivity contribution in [2.75, 3.05) is 0 Å². The van der Waals surface area contributed by atoms with Crippen LogP contribution in [-0.4, -0.2) is 22.4 Å². The van der Waals surface area contributed by atoms with Gasteiger partial charge in [-0.2, -0.15) is 0 Å². The Morgan fingerprint density at radius 1 is 1.67 bits per heavy atom. The molecule has 2 aliphatic heterocycles. The largest absolute Gasteiger partial charge is 0.328 e. The van der Waals surface area contributed by atoms with Crippen LogP contribution in [0, 0.1) is 0 Å². The molecule has 1 fully saturated rings. The van der Waals surface area contributed by atoms with E-state index in [0.717, 1.165) is 12.8 Å². The number of hydrogen-bond donors (Lipinski definition) is 0. The minimum absolute atomic E-state index is 0.0365. The smallest absolute Gasteiger partial charge is 0.247 e. The van der Waals surface area contributed by atoms with E-state index in [2.05, 4.69) is 19.9 Å². The van der Waals surface area contributed by atoms with Gasteiger partial charge in [0, 0.05) is 12.1 Å². The number of carbonyl (C=O) groups excluding carboxylic acids is 1. The Balaban J connectivity index is 2.31. The molecule has 2 heteroatoms. The zero-order valence-electron chi connectivity index (χ0n) is 7.71. The quantitative estimate of drug-likeness (QED) is 0.535. The number of rotatable bonds is 0. The highest BCUT2D eigenvalue weighted by atomic mass is 16.2. The van der Waals surface area contributed by atoms with Crippen LogP contribution in [0.3, 0.4) is 0 Å². The van der Waals surface area contributed by atoms with E-state index in [4.69, 9.17) is 0 Å². The normalized spacial score (nSPS) is 40.3. The molecule has 2 unspecified atom stereocenters. The number of carbonyl (C=O) groups is 1. The Kier molecular flexibility index (Phi) is 1.53. The van der Waals surface area contributed by atoms with Crippen molar-refractivity contribution < 1.29 is 4.79 Å². The highest BCUT2D eigenvalue weighted by molar-refractivity contribution is 5.91. The van der Waals surface area contributed by atoms with Gasteiger partial charge in [-0.05, 0) is 33.1 Å². The maximum absolute atomic E-state index is 11.5. The highest BCUT2D eigenvalue weighted by Crippen LogP contribution is 2.36. The van der Waals surface area contributed by atoms with Crippen LogP contribution >= 0.6 is 0 Å². The lowest BCUT2D eigenvalue weighted by Crippen LogP contribution is -2.51. The lowest BCUT2D eigenvalue weighted by atomic mass is 9.87. The molecule has 2 aliphatic rings. The van der Waals surface area contributed by atoms with Crippen LogP contribution in [0.4, 0.5) is 0 Å². The average molecular weight is 165 g/mol. The minimum atomic E-state index is 0.0365. The molecule has 0 N–H and O–H groups in total. The van der Waals surface area contributed by atoms with Gasteiger partial charge >= 0.3 is 0 Å².